The molecule has 0 radical (unpaired) electrons. The second-order valence-corrected chi connectivity index (χ2v) is 9.57. The fourth-order valence-electron chi connectivity index (χ4n) is 4.40. The highest BCUT2D eigenvalue weighted by molar-refractivity contribution is 6.31. The van der Waals surface area contributed by atoms with Gasteiger partial charge in [-0.3, -0.25) is 19.4 Å². The zero-order chi connectivity index (χ0) is 29.7. The standard InChI is InChI=1S/C28H27ClF2N6O4/c1-4-5-23(24(38)10-16-6-8-20(33-13-16)28(40)32-2)36-15-25(41-3)19(12-26(36)39)18-11-17(29)7-9-22(18)37-14-21(27(30)31)34-35-37/h6-9,11-15,23,27H,4-5,10H2,1-3H3,(H,32,40)/t23-/m0/s1. The molecule has 214 valence electrons. The predicted octanol–water partition coefficient (Wildman–Crippen LogP) is 4.60. The van der Waals surface area contributed by atoms with E-state index in [2.05, 4.69) is 20.6 Å². The minimum atomic E-state index is -2.81. The molecule has 4 rings (SSSR count). The largest absolute Gasteiger partial charge is 0.495 e. The van der Waals surface area contributed by atoms with Gasteiger partial charge in [0.1, 0.15) is 17.1 Å². The number of hydrogen-bond donors (Lipinski definition) is 1. The number of carbonyl (C=O) groups excluding carboxylic acids is 2. The third kappa shape index (κ3) is 6.49. The summed E-state index contributed by atoms with van der Waals surface area (Å²) >= 11 is 6.26. The lowest BCUT2D eigenvalue weighted by atomic mass is 9.99. The number of carbonyl (C=O) groups is 2. The van der Waals surface area contributed by atoms with Crippen molar-refractivity contribution in [2.75, 3.05) is 14.2 Å². The zero-order valence-electron chi connectivity index (χ0n) is 22.5. The molecular weight excluding hydrogens is 558 g/mol. The summed E-state index contributed by atoms with van der Waals surface area (Å²) < 4.78 is 34.4. The maximum absolute atomic E-state index is 13.5. The van der Waals surface area contributed by atoms with Gasteiger partial charge in [0.05, 0.1) is 31.2 Å². The van der Waals surface area contributed by atoms with Gasteiger partial charge in [-0.1, -0.05) is 36.2 Å². The molecule has 1 amide bonds. The number of pyridine rings is 2. The number of nitrogens with zero attached hydrogens (tertiary/aromatic N) is 5. The highest BCUT2D eigenvalue weighted by Crippen LogP contribution is 2.36. The van der Waals surface area contributed by atoms with Crippen LogP contribution in [-0.4, -0.2) is 50.4 Å². The number of Topliss-reactive ketones (excluding diaryl/α,β-unsaturated/α-hetero) is 1. The van der Waals surface area contributed by atoms with Gasteiger partial charge in [-0.25, -0.2) is 13.5 Å². The van der Waals surface area contributed by atoms with Crippen LogP contribution < -0.4 is 15.6 Å². The molecule has 0 spiro atoms. The summed E-state index contributed by atoms with van der Waals surface area (Å²) in [6, 6.07) is 8.39. The van der Waals surface area contributed by atoms with Crippen LogP contribution in [0.3, 0.4) is 0 Å². The summed E-state index contributed by atoms with van der Waals surface area (Å²) in [4.78, 5) is 42.8. The summed E-state index contributed by atoms with van der Waals surface area (Å²) in [7, 11) is 2.91. The van der Waals surface area contributed by atoms with Crippen LogP contribution in [0.1, 0.15) is 54.0 Å². The van der Waals surface area contributed by atoms with Gasteiger partial charge in [-0.05, 0) is 36.2 Å². The van der Waals surface area contributed by atoms with Gasteiger partial charge in [-0.2, -0.15) is 0 Å². The second-order valence-electron chi connectivity index (χ2n) is 9.13. The van der Waals surface area contributed by atoms with Crippen LogP contribution in [-0.2, 0) is 11.2 Å². The quantitative estimate of drug-likeness (QED) is 0.273. The smallest absolute Gasteiger partial charge is 0.283 e. The first kappa shape index (κ1) is 29.5. The van der Waals surface area contributed by atoms with Crippen LogP contribution in [0.4, 0.5) is 8.78 Å². The molecule has 0 unspecified atom stereocenters. The Morgan fingerprint density at radius 2 is 1.90 bits per heavy atom. The van der Waals surface area contributed by atoms with Gasteiger partial charge < -0.3 is 14.6 Å². The van der Waals surface area contributed by atoms with Gasteiger partial charge >= 0.3 is 0 Å². The van der Waals surface area contributed by atoms with Crippen molar-refractivity contribution in [3.05, 3.63) is 87.3 Å². The van der Waals surface area contributed by atoms with E-state index in [1.807, 2.05) is 6.92 Å². The number of ether oxygens (including phenoxy) is 1. The number of ketones is 1. The summed E-state index contributed by atoms with van der Waals surface area (Å²) in [5.74, 6) is -0.303. The number of benzene rings is 1. The minimum Gasteiger partial charge on any atom is -0.495 e. The van der Waals surface area contributed by atoms with Crippen LogP contribution in [0.25, 0.3) is 16.8 Å². The average molecular weight is 585 g/mol. The lowest BCUT2D eigenvalue weighted by molar-refractivity contribution is -0.121. The van der Waals surface area contributed by atoms with Crippen molar-refractivity contribution in [3.8, 4) is 22.6 Å². The van der Waals surface area contributed by atoms with Crippen LogP contribution in [0.15, 0.2) is 59.8 Å². The zero-order valence-corrected chi connectivity index (χ0v) is 23.2. The van der Waals surface area contributed by atoms with E-state index in [0.717, 1.165) is 6.20 Å². The number of methoxy groups -OCH3 is 1. The molecule has 13 heteroatoms. The Bertz CT molecular complexity index is 1620. The average Bonchev–Trinajstić information content (AvgIpc) is 3.46. The number of alkyl halides is 2. The third-order valence-corrected chi connectivity index (χ3v) is 6.66. The van der Waals surface area contributed by atoms with Gasteiger partial charge in [0.25, 0.3) is 17.9 Å². The molecule has 1 aromatic carbocycles. The summed E-state index contributed by atoms with van der Waals surface area (Å²) in [6.45, 7) is 1.90. The fourth-order valence-corrected chi connectivity index (χ4v) is 4.57. The maximum Gasteiger partial charge on any atom is 0.283 e. The van der Waals surface area contributed by atoms with Crippen molar-refractivity contribution in [1.82, 2.24) is 29.9 Å². The Morgan fingerprint density at radius 3 is 2.51 bits per heavy atom. The molecule has 0 saturated heterocycles. The van der Waals surface area contributed by atoms with Crippen molar-refractivity contribution >= 4 is 23.3 Å². The van der Waals surface area contributed by atoms with E-state index in [4.69, 9.17) is 16.3 Å². The highest BCUT2D eigenvalue weighted by atomic mass is 35.5. The van der Waals surface area contributed by atoms with Crippen molar-refractivity contribution in [1.29, 1.82) is 0 Å². The third-order valence-electron chi connectivity index (χ3n) is 6.43. The van der Waals surface area contributed by atoms with Crippen LogP contribution >= 0.6 is 11.6 Å². The molecule has 0 aliphatic rings. The van der Waals surface area contributed by atoms with E-state index in [0.29, 0.717) is 40.2 Å². The molecule has 4 aromatic rings. The lowest BCUT2D eigenvalue weighted by Gasteiger charge is -2.21. The molecule has 10 nitrogen and oxygen atoms in total. The normalized spacial score (nSPS) is 11.9. The number of amides is 1. The Kier molecular flexibility index (Phi) is 9.23. The van der Waals surface area contributed by atoms with Gasteiger partial charge in [0.2, 0.25) is 0 Å². The highest BCUT2D eigenvalue weighted by Gasteiger charge is 2.24. The Morgan fingerprint density at radius 1 is 1.12 bits per heavy atom. The lowest BCUT2D eigenvalue weighted by Crippen LogP contribution is -2.30. The minimum absolute atomic E-state index is 0.000587. The monoisotopic (exact) mass is 584 g/mol. The van der Waals surface area contributed by atoms with E-state index in [1.54, 1.807) is 24.3 Å². The van der Waals surface area contributed by atoms with Crippen LogP contribution in [0.2, 0.25) is 5.02 Å². The maximum atomic E-state index is 13.5. The van der Waals surface area contributed by atoms with Crippen molar-refractivity contribution in [2.45, 2.75) is 38.7 Å². The molecule has 0 aliphatic heterocycles. The molecule has 0 aliphatic carbocycles. The van der Waals surface area contributed by atoms with E-state index >= 15 is 0 Å². The summed E-state index contributed by atoms with van der Waals surface area (Å²) in [5, 5.41) is 10.1. The molecule has 3 aromatic heterocycles. The number of halogens is 3. The first-order valence-corrected chi connectivity index (χ1v) is 13.0. The molecule has 0 fully saturated rings. The Labute approximate surface area is 238 Å². The van der Waals surface area contributed by atoms with Crippen LogP contribution in [0, 0.1) is 0 Å². The molecule has 1 N–H and O–H groups in total. The number of nitrogens with one attached hydrogen (secondary N) is 1. The summed E-state index contributed by atoms with van der Waals surface area (Å²) in [5.41, 5.74) is 0.910. The number of hydrogen-bond acceptors (Lipinski definition) is 7. The SMILES string of the molecule is CCC[C@@H](C(=O)Cc1ccc(C(=O)NC)nc1)n1cc(OC)c(-c2cc(Cl)ccc2-n2cc(C(F)F)nn2)cc1=O. The van der Waals surface area contributed by atoms with E-state index in [-0.39, 0.29) is 29.6 Å². The first-order valence-electron chi connectivity index (χ1n) is 12.7. The van der Waals surface area contributed by atoms with Crippen LogP contribution in [0.5, 0.6) is 5.75 Å². The van der Waals surface area contributed by atoms with Gasteiger partial charge in [0, 0.05) is 41.9 Å². The van der Waals surface area contributed by atoms with Gasteiger partial charge in [-0.15, -0.1) is 5.10 Å². The summed E-state index contributed by atoms with van der Waals surface area (Å²) in [6.07, 6.45) is 2.22. The first-order chi connectivity index (χ1) is 19.7. The Balaban J connectivity index is 1.72. The molecule has 1 atom stereocenters. The topological polar surface area (TPSA) is 121 Å². The fraction of sp³-hybridized carbons (Fsp3) is 0.286. The van der Waals surface area contributed by atoms with E-state index in [9.17, 15) is 23.2 Å². The van der Waals surface area contributed by atoms with Crippen molar-refractivity contribution in [2.24, 2.45) is 0 Å². The molecule has 3 heterocycles. The van der Waals surface area contributed by atoms with Gasteiger partial charge in [0.15, 0.2) is 5.78 Å². The number of aromatic nitrogens is 5. The molecule has 0 saturated carbocycles. The molecule has 0 bridgehead atoms. The predicted molar refractivity (Wildman–Crippen MR) is 148 cm³/mol. The van der Waals surface area contributed by atoms with Crippen molar-refractivity contribution in [3.63, 3.8) is 0 Å². The molecule has 41 heavy (non-hydrogen) atoms. The second kappa shape index (κ2) is 12.8. The molecular formula is C28H27ClF2N6O4. The van der Waals surface area contributed by atoms with Crippen molar-refractivity contribution < 1.29 is 23.1 Å². The Hall–Kier alpha value is -4.45. The van der Waals surface area contributed by atoms with E-state index < -0.39 is 23.7 Å². The number of rotatable bonds is 11. The van der Waals surface area contributed by atoms with E-state index in [1.165, 1.54) is 47.9 Å².